The summed E-state index contributed by atoms with van der Waals surface area (Å²) >= 11 is 0. The van der Waals surface area contributed by atoms with Gasteiger partial charge in [-0.1, -0.05) is 42.5 Å². The Morgan fingerprint density at radius 1 is 1.07 bits per heavy atom. The Balaban J connectivity index is 1.61. The van der Waals surface area contributed by atoms with Gasteiger partial charge in [0.15, 0.2) is 0 Å². The number of ether oxygens (including phenoxy) is 1. The van der Waals surface area contributed by atoms with Gasteiger partial charge in [0.1, 0.15) is 11.6 Å². The topological polar surface area (TPSA) is 58.6 Å². The van der Waals surface area contributed by atoms with Crippen LogP contribution in [0.25, 0.3) is 0 Å². The molecule has 5 nitrogen and oxygen atoms in total. The standard InChI is InChI=1S/C24H21FN2O3/c1-30-22-9-5-4-8-20(22)26-23(28)14-21(16-10-12-18(25)13-11-16)27-15-17-6-2-3-7-19(17)24(27)29/h2-13,21H,14-15H2,1H3,(H,26,28)/t21-/m0/s1. The second kappa shape index (κ2) is 8.37. The van der Waals surface area contributed by atoms with Crippen molar-refractivity contribution < 1.29 is 18.7 Å². The van der Waals surface area contributed by atoms with Gasteiger partial charge in [-0.25, -0.2) is 4.39 Å². The Hall–Kier alpha value is -3.67. The van der Waals surface area contributed by atoms with Crippen LogP contribution < -0.4 is 10.1 Å². The number of carbonyl (C=O) groups is 2. The van der Waals surface area contributed by atoms with Gasteiger partial charge in [-0.3, -0.25) is 9.59 Å². The van der Waals surface area contributed by atoms with E-state index in [1.165, 1.54) is 19.2 Å². The minimum absolute atomic E-state index is 0.0312. The predicted octanol–water partition coefficient (Wildman–Crippen LogP) is 4.56. The zero-order valence-corrected chi connectivity index (χ0v) is 16.5. The molecule has 0 aliphatic carbocycles. The lowest BCUT2D eigenvalue weighted by atomic mass is 10.0. The number of hydrogen-bond donors (Lipinski definition) is 1. The lowest BCUT2D eigenvalue weighted by molar-refractivity contribution is -0.117. The molecule has 0 saturated heterocycles. The van der Waals surface area contributed by atoms with Crippen LogP contribution in [0.4, 0.5) is 10.1 Å². The molecule has 1 heterocycles. The summed E-state index contributed by atoms with van der Waals surface area (Å²) < 4.78 is 18.8. The van der Waals surface area contributed by atoms with Gasteiger partial charge in [0.25, 0.3) is 5.91 Å². The number of methoxy groups -OCH3 is 1. The third-order valence-electron chi connectivity index (χ3n) is 5.24. The monoisotopic (exact) mass is 404 g/mol. The van der Waals surface area contributed by atoms with E-state index in [4.69, 9.17) is 4.74 Å². The molecular formula is C24H21FN2O3. The minimum Gasteiger partial charge on any atom is -0.495 e. The molecule has 0 fully saturated rings. The van der Waals surface area contributed by atoms with Crippen LogP contribution in [0.5, 0.6) is 5.75 Å². The Morgan fingerprint density at radius 3 is 2.50 bits per heavy atom. The molecule has 0 unspecified atom stereocenters. The predicted molar refractivity (Wildman–Crippen MR) is 112 cm³/mol. The van der Waals surface area contributed by atoms with Gasteiger partial charge in [0.2, 0.25) is 5.91 Å². The maximum Gasteiger partial charge on any atom is 0.255 e. The summed E-state index contributed by atoms with van der Waals surface area (Å²) in [6, 6.07) is 19.9. The highest BCUT2D eigenvalue weighted by atomic mass is 19.1. The molecular weight excluding hydrogens is 383 g/mol. The second-order valence-electron chi connectivity index (χ2n) is 7.11. The third kappa shape index (κ3) is 3.89. The summed E-state index contributed by atoms with van der Waals surface area (Å²) in [5, 5.41) is 2.86. The molecule has 3 aromatic carbocycles. The molecule has 0 saturated carbocycles. The zero-order valence-electron chi connectivity index (χ0n) is 16.5. The normalized spacial score (nSPS) is 13.7. The number of hydrogen-bond acceptors (Lipinski definition) is 3. The van der Waals surface area contributed by atoms with Crippen LogP contribution in [0, 0.1) is 5.82 Å². The molecule has 0 aromatic heterocycles. The Labute approximate surface area is 174 Å². The number of para-hydroxylation sites is 2. The number of amides is 2. The zero-order chi connectivity index (χ0) is 21.1. The Bertz CT molecular complexity index is 1080. The van der Waals surface area contributed by atoms with Crippen LogP contribution in [0.15, 0.2) is 72.8 Å². The maximum atomic E-state index is 13.5. The molecule has 30 heavy (non-hydrogen) atoms. The highest BCUT2D eigenvalue weighted by Crippen LogP contribution is 2.34. The van der Waals surface area contributed by atoms with E-state index < -0.39 is 6.04 Å². The molecule has 3 aromatic rings. The van der Waals surface area contributed by atoms with Crippen LogP contribution in [-0.4, -0.2) is 23.8 Å². The van der Waals surface area contributed by atoms with Crippen molar-refractivity contribution in [3.05, 3.63) is 95.3 Å². The number of nitrogens with one attached hydrogen (secondary N) is 1. The fourth-order valence-electron chi connectivity index (χ4n) is 3.75. The second-order valence-corrected chi connectivity index (χ2v) is 7.11. The van der Waals surface area contributed by atoms with Gasteiger partial charge >= 0.3 is 0 Å². The molecule has 1 atom stereocenters. The van der Waals surface area contributed by atoms with Crippen LogP contribution in [0.3, 0.4) is 0 Å². The Morgan fingerprint density at radius 2 is 1.77 bits per heavy atom. The van der Waals surface area contributed by atoms with E-state index in [2.05, 4.69) is 5.32 Å². The van der Waals surface area contributed by atoms with Crippen molar-refractivity contribution in [1.29, 1.82) is 0 Å². The van der Waals surface area contributed by atoms with Crippen molar-refractivity contribution in [3.8, 4) is 5.75 Å². The molecule has 0 bridgehead atoms. The summed E-state index contributed by atoms with van der Waals surface area (Å²) in [5.74, 6) is -0.219. The molecule has 1 aliphatic rings. The molecule has 1 aliphatic heterocycles. The number of halogens is 1. The van der Waals surface area contributed by atoms with E-state index >= 15 is 0 Å². The van der Waals surface area contributed by atoms with E-state index in [0.717, 1.165) is 5.56 Å². The van der Waals surface area contributed by atoms with Crippen LogP contribution >= 0.6 is 0 Å². The molecule has 1 N–H and O–H groups in total. The fourth-order valence-corrected chi connectivity index (χ4v) is 3.75. The molecule has 4 rings (SSSR count). The van der Waals surface area contributed by atoms with Gasteiger partial charge in [-0.05, 0) is 41.5 Å². The number of anilines is 1. The summed E-state index contributed by atoms with van der Waals surface area (Å²) in [4.78, 5) is 27.6. The van der Waals surface area contributed by atoms with E-state index in [1.54, 1.807) is 41.3 Å². The lowest BCUT2D eigenvalue weighted by Crippen LogP contribution is -2.32. The first-order valence-corrected chi connectivity index (χ1v) is 9.64. The maximum absolute atomic E-state index is 13.5. The molecule has 0 spiro atoms. The van der Waals surface area contributed by atoms with Crippen LogP contribution in [-0.2, 0) is 11.3 Å². The van der Waals surface area contributed by atoms with Crippen molar-refractivity contribution in [2.75, 3.05) is 12.4 Å². The van der Waals surface area contributed by atoms with Gasteiger partial charge in [0, 0.05) is 12.1 Å². The number of nitrogens with zero attached hydrogens (tertiary/aromatic N) is 1. The molecule has 6 heteroatoms. The van der Waals surface area contributed by atoms with Crippen molar-refractivity contribution in [2.45, 2.75) is 19.0 Å². The minimum atomic E-state index is -0.528. The third-order valence-corrected chi connectivity index (χ3v) is 5.24. The average molecular weight is 404 g/mol. The van der Waals surface area contributed by atoms with Crippen LogP contribution in [0.2, 0.25) is 0 Å². The van der Waals surface area contributed by atoms with E-state index in [0.29, 0.717) is 29.1 Å². The molecule has 152 valence electrons. The number of rotatable bonds is 6. The van der Waals surface area contributed by atoms with Gasteiger partial charge < -0.3 is 15.0 Å². The number of benzene rings is 3. The van der Waals surface area contributed by atoms with Crippen LogP contribution in [0.1, 0.15) is 33.9 Å². The highest BCUT2D eigenvalue weighted by Gasteiger charge is 2.34. The van der Waals surface area contributed by atoms with E-state index in [-0.39, 0.29) is 24.1 Å². The quantitative estimate of drug-likeness (QED) is 0.655. The van der Waals surface area contributed by atoms with Gasteiger partial charge in [0.05, 0.1) is 25.3 Å². The summed E-state index contributed by atoms with van der Waals surface area (Å²) in [6.07, 6.45) is 0.0312. The smallest absolute Gasteiger partial charge is 0.255 e. The van der Waals surface area contributed by atoms with Gasteiger partial charge in [-0.15, -0.1) is 0 Å². The molecule has 2 amide bonds. The summed E-state index contributed by atoms with van der Waals surface area (Å²) in [5.41, 5.74) is 2.81. The fraction of sp³-hybridized carbons (Fsp3) is 0.167. The first-order chi connectivity index (χ1) is 14.6. The lowest BCUT2D eigenvalue weighted by Gasteiger charge is -2.28. The molecule has 0 radical (unpaired) electrons. The van der Waals surface area contributed by atoms with Gasteiger partial charge in [-0.2, -0.15) is 0 Å². The van der Waals surface area contributed by atoms with Crippen molar-refractivity contribution >= 4 is 17.5 Å². The summed E-state index contributed by atoms with van der Waals surface area (Å²) in [6.45, 7) is 0.402. The largest absolute Gasteiger partial charge is 0.495 e. The van der Waals surface area contributed by atoms with Crippen molar-refractivity contribution in [2.24, 2.45) is 0 Å². The van der Waals surface area contributed by atoms with Crippen molar-refractivity contribution in [3.63, 3.8) is 0 Å². The first kappa shape index (κ1) is 19.6. The van der Waals surface area contributed by atoms with E-state index in [1.807, 2.05) is 24.3 Å². The number of fused-ring (bicyclic) bond motifs is 1. The first-order valence-electron chi connectivity index (χ1n) is 9.64. The summed E-state index contributed by atoms with van der Waals surface area (Å²) in [7, 11) is 1.53. The Kier molecular flexibility index (Phi) is 5.48. The number of carbonyl (C=O) groups excluding carboxylic acids is 2. The van der Waals surface area contributed by atoms with E-state index in [9.17, 15) is 14.0 Å². The average Bonchev–Trinajstić information content (AvgIpc) is 3.10. The SMILES string of the molecule is COc1ccccc1NC(=O)C[C@@H](c1ccc(F)cc1)N1Cc2ccccc2C1=O. The van der Waals surface area contributed by atoms with Crippen molar-refractivity contribution in [1.82, 2.24) is 4.90 Å². The highest BCUT2D eigenvalue weighted by molar-refractivity contribution is 5.99.